The zero-order valence-electron chi connectivity index (χ0n) is 12.7. The molecule has 0 spiro atoms. The van der Waals surface area contributed by atoms with Crippen LogP contribution in [0.5, 0.6) is 0 Å². The van der Waals surface area contributed by atoms with Crippen molar-refractivity contribution >= 4 is 17.3 Å². The molecule has 116 valence electrons. The summed E-state index contributed by atoms with van der Waals surface area (Å²) in [5, 5.41) is 12.7. The Balaban J connectivity index is 1.69. The standard InChI is InChI=1S/C18H22N2O2/c21-18(22)17-14-6-4-5-13(14)15-11-12(7-8-16(15)19-17)20-9-2-1-3-10-20/h4-5,7-8,11,13-14,17,19H,1-3,6,9-10H2,(H,21,22). The lowest BCUT2D eigenvalue weighted by Crippen LogP contribution is -2.42. The van der Waals surface area contributed by atoms with Crippen LogP contribution in [0, 0.1) is 5.92 Å². The topological polar surface area (TPSA) is 52.6 Å². The zero-order chi connectivity index (χ0) is 15.1. The first-order valence-corrected chi connectivity index (χ1v) is 8.29. The summed E-state index contributed by atoms with van der Waals surface area (Å²) < 4.78 is 0. The third kappa shape index (κ3) is 2.18. The molecule has 2 heterocycles. The average Bonchev–Trinajstić information content (AvgIpc) is 3.04. The molecule has 4 heteroatoms. The highest BCUT2D eigenvalue weighted by Gasteiger charge is 2.40. The molecule has 0 aromatic heterocycles. The Morgan fingerprint density at radius 1 is 1.23 bits per heavy atom. The minimum atomic E-state index is -0.746. The van der Waals surface area contributed by atoms with Gasteiger partial charge in [0.2, 0.25) is 0 Å². The summed E-state index contributed by atoms with van der Waals surface area (Å²) in [7, 11) is 0. The predicted molar refractivity (Wildman–Crippen MR) is 87.5 cm³/mol. The van der Waals surface area contributed by atoms with Crippen LogP contribution in [0.4, 0.5) is 11.4 Å². The normalized spacial score (nSPS) is 29.6. The van der Waals surface area contributed by atoms with Gasteiger partial charge in [-0.3, -0.25) is 0 Å². The minimum Gasteiger partial charge on any atom is -0.480 e. The van der Waals surface area contributed by atoms with Crippen LogP contribution in [-0.2, 0) is 4.79 Å². The molecule has 0 amide bonds. The first-order valence-electron chi connectivity index (χ1n) is 8.29. The number of fused-ring (bicyclic) bond motifs is 3. The van der Waals surface area contributed by atoms with E-state index in [0.29, 0.717) is 0 Å². The van der Waals surface area contributed by atoms with E-state index in [1.165, 1.54) is 30.5 Å². The lowest BCUT2D eigenvalue weighted by atomic mass is 9.79. The quantitative estimate of drug-likeness (QED) is 0.823. The highest BCUT2D eigenvalue weighted by atomic mass is 16.4. The van der Waals surface area contributed by atoms with E-state index in [-0.39, 0.29) is 11.8 Å². The number of hydrogen-bond donors (Lipinski definition) is 2. The Morgan fingerprint density at radius 3 is 2.82 bits per heavy atom. The van der Waals surface area contributed by atoms with Gasteiger partial charge in [0, 0.05) is 36.3 Å². The number of anilines is 2. The van der Waals surface area contributed by atoms with Crippen LogP contribution in [0.3, 0.4) is 0 Å². The van der Waals surface area contributed by atoms with E-state index in [9.17, 15) is 9.90 Å². The number of carbonyl (C=O) groups is 1. The third-order valence-corrected chi connectivity index (χ3v) is 5.33. The number of nitrogens with zero attached hydrogens (tertiary/aromatic N) is 1. The molecule has 3 aliphatic rings. The van der Waals surface area contributed by atoms with Gasteiger partial charge in [-0.1, -0.05) is 12.2 Å². The molecule has 1 aliphatic carbocycles. The number of hydrogen-bond acceptors (Lipinski definition) is 3. The van der Waals surface area contributed by atoms with E-state index in [2.05, 4.69) is 40.6 Å². The fraction of sp³-hybridized carbons (Fsp3) is 0.500. The molecular formula is C18H22N2O2. The Labute approximate surface area is 130 Å². The summed E-state index contributed by atoms with van der Waals surface area (Å²) in [5.41, 5.74) is 3.54. The number of benzene rings is 1. The van der Waals surface area contributed by atoms with Crippen molar-refractivity contribution in [1.29, 1.82) is 0 Å². The Hall–Kier alpha value is -1.97. The molecule has 2 aliphatic heterocycles. The lowest BCUT2D eigenvalue weighted by Gasteiger charge is -2.36. The summed E-state index contributed by atoms with van der Waals surface area (Å²) in [5.74, 6) is -0.367. The van der Waals surface area contributed by atoms with Crippen molar-refractivity contribution in [3.8, 4) is 0 Å². The minimum absolute atomic E-state index is 0.140. The number of allylic oxidation sites excluding steroid dienone is 2. The predicted octanol–water partition coefficient (Wildman–Crippen LogP) is 3.22. The first-order chi connectivity index (χ1) is 10.7. The summed E-state index contributed by atoms with van der Waals surface area (Å²) in [6.45, 7) is 2.27. The summed E-state index contributed by atoms with van der Waals surface area (Å²) in [6, 6.07) is 6.00. The number of carboxylic acid groups (broad SMARTS) is 1. The molecule has 1 fully saturated rings. The highest BCUT2D eigenvalue weighted by molar-refractivity contribution is 5.81. The first kappa shape index (κ1) is 13.7. The van der Waals surface area contributed by atoms with Crippen LogP contribution < -0.4 is 10.2 Å². The van der Waals surface area contributed by atoms with Crippen LogP contribution in [0.1, 0.15) is 37.2 Å². The van der Waals surface area contributed by atoms with E-state index in [4.69, 9.17) is 0 Å². The molecule has 4 nitrogen and oxygen atoms in total. The van der Waals surface area contributed by atoms with Crippen LogP contribution in [0.15, 0.2) is 30.4 Å². The van der Waals surface area contributed by atoms with Gasteiger partial charge in [0.25, 0.3) is 0 Å². The maximum Gasteiger partial charge on any atom is 0.326 e. The maximum absolute atomic E-state index is 11.5. The van der Waals surface area contributed by atoms with Gasteiger partial charge in [0.15, 0.2) is 0 Å². The summed E-state index contributed by atoms with van der Waals surface area (Å²) >= 11 is 0. The molecular weight excluding hydrogens is 276 g/mol. The van der Waals surface area contributed by atoms with Crippen molar-refractivity contribution in [2.24, 2.45) is 5.92 Å². The van der Waals surface area contributed by atoms with Crippen LogP contribution in [-0.4, -0.2) is 30.2 Å². The van der Waals surface area contributed by atoms with E-state index in [1.807, 2.05) is 0 Å². The third-order valence-electron chi connectivity index (χ3n) is 5.33. The average molecular weight is 298 g/mol. The van der Waals surface area contributed by atoms with Gasteiger partial charge in [-0.05, 0) is 49.4 Å². The van der Waals surface area contributed by atoms with Gasteiger partial charge < -0.3 is 15.3 Å². The Morgan fingerprint density at radius 2 is 2.05 bits per heavy atom. The molecule has 1 saturated heterocycles. The number of piperidine rings is 1. The Kier molecular flexibility index (Phi) is 3.32. The van der Waals surface area contributed by atoms with E-state index < -0.39 is 12.0 Å². The molecule has 22 heavy (non-hydrogen) atoms. The fourth-order valence-corrected chi connectivity index (χ4v) is 4.17. The molecule has 1 aromatic rings. The molecule has 4 rings (SSSR count). The van der Waals surface area contributed by atoms with Crippen LogP contribution >= 0.6 is 0 Å². The summed E-state index contributed by atoms with van der Waals surface area (Å²) in [4.78, 5) is 14.0. The molecule has 1 aromatic carbocycles. The van der Waals surface area contributed by atoms with Crippen LogP contribution in [0.2, 0.25) is 0 Å². The second-order valence-corrected chi connectivity index (χ2v) is 6.63. The zero-order valence-corrected chi connectivity index (χ0v) is 12.7. The van der Waals surface area contributed by atoms with E-state index >= 15 is 0 Å². The summed E-state index contributed by atoms with van der Waals surface area (Å²) in [6.07, 6.45) is 9.04. The molecule has 3 unspecified atom stereocenters. The van der Waals surface area contributed by atoms with Crippen molar-refractivity contribution in [3.05, 3.63) is 35.9 Å². The van der Waals surface area contributed by atoms with Gasteiger partial charge in [-0.15, -0.1) is 0 Å². The van der Waals surface area contributed by atoms with Gasteiger partial charge in [0.1, 0.15) is 6.04 Å². The molecule has 0 radical (unpaired) electrons. The Bertz CT molecular complexity index is 620. The number of nitrogens with one attached hydrogen (secondary N) is 1. The van der Waals surface area contributed by atoms with E-state index in [1.54, 1.807) is 0 Å². The van der Waals surface area contributed by atoms with Crippen molar-refractivity contribution in [2.45, 2.75) is 37.6 Å². The van der Waals surface area contributed by atoms with Crippen molar-refractivity contribution in [3.63, 3.8) is 0 Å². The second-order valence-electron chi connectivity index (χ2n) is 6.63. The smallest absolute Gasteiger partial charge is 0.326 e. The highest BCUT2D eigenvalue weighted by Crippen LogP contribution is 2.45. The fourth-order valence-electron chi connectivity index (χ4n) is 4.17. The largest absolute Gasteiger partial charge is 0.480 e. The molecule has 2 N–H and O–H groups in total. The maximum atomic E-state index is 11.5. The lowest BCUT2D eigenvalue weighted by molar-refractivity contribution is -0.139. The van der Waals surface area contributed by atoms with Gasteiger partial charge >= 0.3 is 5.97 Å². The van der Waals surface area contributed by atoms with Gasteiger partial charge in [-0.25, -0.2) is 4.79 Å². The second kappa shape index (κ2) is 5.34. The molecule has 0 saturated carbocycles. The van der Waals surface area contributed by atoms with E-state index in [0.717, 1.165) is 25.2 Å². The van der Waals surface area contributed by atoms with Crippen LogP contribution in [0.25, 0.3) is 0 Å². The van der Waals surface area contributed by atoms with Gasteiger partial charge in [0.05, 0.1) is 0 Å². The number of carboxylic acids is 1. The van der Waals surface area contributed by atoms with Gasteiger partial charge in [-0.2, -0.15) is 0 Å². The monoisotopic (exact) mass is 298 g/mol. The number of rotatable bonds is 2. The number of aliphatic carboxylic acids is 1. The van der Waals surface area contributed by atoms with Crippen molar-refractivity contribution in [1.82, 2.24) is 0 Å². The SMILES string of the molecule is O=C(O)C1Nc2ccc(N3CCCCC3)cc2C2C=CCC12. The molecule has 3 atom stereocenters. The van der Waals surface area contributed by atoms with Crippen molar-refractivity contribution in [2.75, 3.05) is 23.3 Å². The van der Waals surface area contributed by atoms with Crippen molar-refractivity contribution < 1.29 is 9.90 Å². The molecule has 0 bridgehead atoms.